The van der Waals surface area contributed by atoms with E-state index >= 15 is 0 Å². The zero-order valence-corrected chi connectivity index (χ0v) is 31.6. The molecule has 0 fully saturated rings. The lowest BCUT2D eigenvalue weighted by molar-refractivity contribution is -2.00. The van der Waals surface area contributed by atoms with Crippen molar-refractivity contribution in [3.05, 3.63) is 137 Å². The summed E-state index contributed by atoms with van der Waals surface area (Å²) in [4.78, 5) is 6.68. The number of halogens is 2. The number of hydrogen-bond acceptors (Lipinski definition) is 12. The molecule has 0 atom stereocenters. The fourth-order valence-corrected chi connectivity index (χ4v) is 5.28. The third-order valence-corrected chi connectivity index (χ3v) is 8.08. The normalized spacial score (nSPS) is 11.1. The Morgan fingerprint density at radius 3 is 1.36 bits per heavy atom. The average Bonchev–Trinajstić information content (AvgIpc) is 3.03. The van der Waals surface area contributed by atoms with Crippen LogP contribution >= 0.6 is 23.5 Å². The van der Waals surface area contributed by atoms with Gasteiger partial charge in [-0.2, -0.15) is 4.57 Å². The average molecular weight is 770 g/mol. The molecule has 272 valence electrons. The van der Waals surface area contributed by atoms with Crippen LogP contribution in [0.15, 0.2) is 126 Å². The predicted molar refractivity (Wildman–Crippen MR) is 176 cm³/mol. The van der Waals surface area contributed by atoms with E-state index in [1.54, 1.807) is 0 Å². The fraction of sp³-hybridized carbons (Fsp3) is 0.235. The SMILES string of the molecule is C/C(=C/[n+]1ccc(N(C)C)cc1)SCc1ccccc1.C=C(C[n+]1ccc(N(C)C)cc1)SCc1ccccc1.[O-][Cl+3]([O-])([O-])[O-].[O-][Cl+3]([O-])([O-])[O-]. The van der Waals surface area contributed by atoms with Crippen LogP contribution in [0.5, 0.6) is 0 Å². The molecule has 0 spiro atoms. The van der Waals surface area contributed by atoms with Crippen molar-refractivity contribution in [1.82, 2.24) is 0 Å². The third-order valence-electron chi connectivity index (χ3n) is 6.03. The maximum atomic E-state index is 8.49. The molecule has 0 amide bonds. The maximum Gasteiger partial charge on any atom is 0.183 e. The molecule has 2 heterocycles. The summed E-state index contributed by atoms with van der Waals surface area (Å²) in [7, 11) is -1.68. The van der Waals surface area contributed by atoms with Crippen molar-refractivity contribution < 1.29 is 66.9 Å². The molecule has 2 aromatic carbocycles. The van der Waals surface area contributed by atoms with Crippen LogP contribution in [-0.4, -0.2) is 28.2 Å². The second-order valence-corrected chi connectivity index (χ2v) is 14.5. The van der Waals surface area contributed by atoms with Gasteiger partial charge in [0.15, 0.2) is 37.5 Å². The first kappa shape index (κ1) is 44.8. The largest absolute Gasteiger partial charge is 0.377 e. The van der Waals surface area contributed by atoms with Crippen molar-refractivity contribution >= 4 is 41.1 Å². The van der Waals surface area contributed by atoms with Gasteiger partial charge >= 0.3 is 0 Å². The van der Waals surface area contributed by atoms with Gasteiger partial charge in [-0.05, 0) is 18.1 Å². The van der Waals surface area contributed by atoms with Gasteiger partial charge in [0.2, 0.25) is 0 Å². The first-order chi connectivity index (χ1) is 23.3. The lowest BCUT2D eigenvalue weighted by Crippen LogP contribution is -2.68. The molecule has 0 radical (unpaired) electrons. The van der Waals surface area contributed by atoms with Gasteiger partial charge in [-0.25, -0.2) is 41.8 Å². The molecule has 0 saturated heterocycles. The Morgan fingerprint density at radius 2 is 0.980 bits per heavy atom. The highest BCUT2D eigenvalue weighted by Crippen LogP contribution is 2.21. The smallest absolute Gasteiger partial charge is 0.183 e. The van der Waals surface area contributed by atoms with Crippen LogP contribution in [0.4, 0.5) is 11.4 Å². The Balaban J connectivity index is 0.000000394. The van der Waals surface area contributed by atoms with Crippen LogP contribution in [0.3, 0.4) is 0 Å². The molecule has 4 aromatic rings. The van der Waals surface area contributed by atoms with Gasteiger partial charge in [-0.1, -0.05) is 67.2 Å². The number of hydrogen-bond donors (Lipinski definition) is 0. The van der Waals surface area contributed by atoms with Gasteiger partial charge in [0.25, 0.3) is 0 Å². The quantitative estimate of drug-likeness (QED) is 0.149. The molecule has 16 heteroatoms. The zero-order chi connectivity index (χ0) is 37.7. The molecule has 0 N–H and O–H groups in total. The van der Waals surface area contributed by atoms with Crippen LogP contribution < -0.4 is 56.2 Å². The van der Waals surface area contributed by atoms with Crippen LogP contribution in [0.2, 0.25) is 0 Å². The summed E-state index contributed by atoms with van der Waals surface area (Å²) in [6.45, 7) is 7.16. The van der Waals surface area contributed by atoms with E-state index in [4.69, 9.17) is 37.3 Å². The Hall–Kier alpha value is -3.22. The molecule has 4 rings (SSSR count). The monoisotopic (exact) mass is 768 g/mol. The van der Waals surface area contributed by atoms with Gasteiger partial charge in [-0.15, -0.1) is 44.0 Å². The molecule has 0 aliphatic heterocycles. The number of benzene rings is 2. The maximum absolute atomic E-state index is 8.49. The molecule has 0 aliphatic carbocycles. The lowest BCUT2D eigenvalue weighted by atomic mass is 10.2. The van der Waals surface area contributed by atoms with Gasteiger partial charge in [0.1, 0.15) is 0 Å². The molecule has 0 aliphatic rings. The first-order valence-corrected chi connectivity index (χ1v) is 19.0. The second-order valence-electron chi connectivity index (χ2n) is 10.6. The van der Waals surface area contributed by atoms with E-state index in [0.717, 1.165) is 18.1 Å². The fourth-order valence-electron chi connectivity index (χ4n) is 3.69. The van der Waals surface area contributed by atoms with Crippen molar-refractivity contribution in [2.24, 2.45) is 0 Å². The van der Waals surface area contributed by atoms with E-state index in [-0.39, 0.29) is 0 Å². The molecule has 0 saturated carbocycles. The first-order valence-electron chi connectivity index (χ1n) is 14.6. The molecule has 12 nitrogen and oxygen atoms in total. The van der Waals surface area contributed by atoms with Gasteiger partial charge in [-0.3, -0.25) is 0 Å². The minimum Gasteiger partial charge on any atom is -0.377 e. The van der Waals surface area contributed by atoms with Crippen molar-refractivity contribution in [1.29, 1.82) is 0 Å². The number of aromatic nitrogens is 2. The van der Waals surface area contributed by atoms with Gasteiger partial charge in [0, 0.05) is 85.1 Å². The molecule has 0 unspecified atom stereocenters. The molecular weight excluding hydrogens is 727 g/mol. The summed E-state index contributed by atoms with van der Waals surface area (Å²) in [5.41, 5.74) is 5.12. The number of thioether (sulfide) groups is 2. The predicted octanol–water partition coefficient (Wildman–Crippen LogP) is -2.23. The van der Waals surface area contributed by atoms with Crippen molar-refractivity contribution in [3.8, 4) is 0 Å². The summed E-state index contributed by atoms with van der Waals surface area (Å²) in [6.07, 6.45) is 10.5. The highest BCUT2D eigenvalue weighted by molar-refractivity contribution is 8.02. The minimum atomic E-state index is -4.94. The lowest BCUT2D eigenvalue weighted by Gasteiger charge is -2.17. The van der Waals surface area contributed by atoms with Crippen molar-refractivity contribution in [2.45, 2.75) is 25.0 Å². The van der Waals surface area contributed by atoms with Crippen molar-refractivity contribution in [2.75, 3.05) is 38.0 Å². The Bertz CT molecular complexity index is 1520. The zero-order valence-electron chi connectivity index (χ0n) is 28.4. The van der Waals surface area contributed by atoms with E-state index in [1.807, 2.05) is 43.7 Å². The van der Waals surface area contributed by atoms with Crippen LogP contribution in [0, 0.1) is 20.5 Å². The van der Waals surface area contributed by atoms with Crippen molar-refractivity contribution in [3.63, 3.8) is 0 Å². The Morgan fingerprint density at radius 1 is 0.620 bits per heavy atom. The summed E-state index contributed by atoms with van der Waals surface area (Å²) < 4.78 is 72.2. The van der Waals surface area contributed by atoms with Crippen LogP contribution in [0.1, 0.15) is 18.1 Å². The number of rotatable bonds is 11. The Kier molecular flexibility index (Phi) is 20.9. The molecule has 50 heavy (non-hydrogen) atoms. The molecule has 2 aromatic heterocycles. The summed E-state index contributed by atoms with van der Waals surface area (Å²) in [6, 6.07) is 29.5. The topological polar surface area (TPSA) is 199 Å². The molecular formula is C34H42Cl2N4O8S2. The highest BCUT2D eigenvalue weighted by atomic mass is 35.7. The Labute approximate surface area is 307 Å². The standard InChI is InChI=1S/2C17H21N2S.2ClHO4/c2*1-15(20-14-16-7-5-4-6-8-16)13-19-11-9-17(10-12-19)18(2)3;2*2-1(3,4)5/h4-13H,14H2,1-3H3;4-12H,1,13-14H2,2-3H3;2*(H,2,3,4,5)/q2*+1;;/p-2/b15-13-;;;. The summed E-state index contributed by atoms with van der Waals surface area (Å²) in [5, 5.41) is 0. The van der Waals surface area contributed by atoms with Crippen LogP contribution in [0.25, 0.3) is 6.20 Å². The van der Waals surface area contributed by atoms with E-state index in [2.05, 4.69) is 156 Å². The van der Waals surface area contributed by atoms with E-state index in [9.17, 15) is 0 Å². The van der Waals surface area contributed by atoms with E-state index in [0.29, 0.717) is 0 Å². The second kappa shape index (κ2) is 23.3. The minimum absolute atomic E-state index is 0.852. The molecule has 0 bridgehead atoms. The number of anilines is 2. The number of pyridine rings is 2. The number of allylic oxidation sites excluding steroid dienone is 2. The van der Waals surface area contributed by atoms with E-state index < -0.39 is 20.5 Å². The van der Waals surface area contributed by atoms with Crippen LogP contribution in [-0.2, 0) is 18.1 Å². The van der Waals surface area contributed by atoms with E-state index in [1.165, 1.54) is 32.3 Å². The van der Waals surface area contributed by atoms with Gasteiger partial charge < -0.3 is 9.80 Å². The summed E-state index contributed by atoms with van der Waals surface area (Å²) >= 11 is 3.67. The third kappa shape index (κ3) is 24.8. The highest BCUT2D eigenvalue weighted by Gasteiger charge is 2.06. The summed E-state index contributed by atoms with van der Waals surface area (Å²) in [5.74, 6) is 2.00. The van der Waals surface area contributed by atoms with Gasteiger partial charge in [0.05, 0.1) is 0 Å². The number of nitrogens with zero attached hydrogens (tertiary/aromatic N) is 4.